The first-order valence-electron chi connectivity index (χ1n) is 9.41. The van der Waals surface area contributed by atoms with Gasteiger partial charge in [0, 0.05) is 17.5 Å². The molecule has 27 heavy (non-hydrogen) atoms. The number of benzene rings is 1. The molecule has 3 heterocycles. The number of fused-ring (bicyclic) bond motifs is 1. The molecule has 0 bridgehead atoms. The fourth-order valence-electron chi connectivity index (χ4n) is 4.06. The van der Waals surface area contributed by atoms with Crippen LogP contribution in [-0.4, -0.2) is 32.7 Å². The van der Waals surface area contributed by atoms with E-state index in [-0.39, 0.29) is 30.1 Å². The molecule has 0 spiro atoms. The number of nitrogens with zero attached hydrogens (tertiary/aromatic N) is 3. The van der Waals surface area contributed by atoms with Crippen molar-refractivity contribution in [2.24, 2.45) is 0 Å². The van der Waals surface area contributed by atoms with Crippen molar-refractivity contribution in [3.05, 3.63) is 52.1 Å². The van der Waals surface area contributed by atoms with Gasteiger partial charge in [0.15, 0.2) is 0 Å². The van der Waals surface area contributed by atoms with Crippen LogP contribution < -0.4 is 5.56 Å². The van der Waals surface area contributed by atoms with Gasteiger partial charge < -0.3 is 4.90 Å². The molecular formula is C21H23N3O2S. The van der Waals surface area contributed by atoms with Crippen LogP contribution in [0.1, 0.15) is 33.1 Å². The SMILES string of the molecule is C[C@H]1CCC[C@H](C)N1C(=O)Cn1nc(-c2cccs2)c2ccccc2c1=O. The molecule has 2 aromatic heterocycles. The molecule has 6 heteroatoms. The first-order valence-corrected chi connectivity index (χ1v) is 10.3. The van der Waals surface area contributed by atoms with Crippen molar-refractivity contribution in [2.75, 3.05) is 0 Å². The topological polar surface area (TPSA) is 55.2 Å². The molecule has 1 fully saturated rings. The molecule has 0 saturated carbocycles. The molecule has 2 atom stereocenters. The van der Waals surface area contributed by atoms with Crippen molar-refractivity contribution in [3.8, 4) is 10.6 Å². The van der Waals surface area contributed by atoms with Gasteiger partial charge in [0.05, 0.1) is 10.3 Å². The van der Waals surface area contributed by atoms with Crippen molar-refractivity contribution >= 4 is 28.0 Å². The molecule has 0 radical (unpaired) electrons. The van der Waals surface area contributed by atoms with E-state index in [0.29, 0.717) is 5.39 Å². The van der Waals surface area contributed by atoms with E-state index in [0.717, 1.165) is 35.2 Å². The molecule has 4 rings (SSSR count). The van der Waals surface area contributed by atoms with Crippen molar-refractivity contribution in [3.63, 3.8) is 0 Å². The minimum atomic E-state index is -0.212. The largest absolute Gasteiger partial charge is 0.336 e. The van der Waals surface area contributed by atoms with Gasteiger partial charge >= 0.3 is 0 Å². The maximum absolute atomic E-state index is 13.0. The smallest absolute Gasteiger partial charge is 0.275 e. The minimum Gasteiger partial charge on any atom is -0.336 e. The lowest BCUT2D eigenvalue weighted by atomic mass is 9.97. The second kappa shape index (κ2) is 7.27. The number of amides is 1. The standard InChI is InChI=1S/C21H23N3O2S/c1-14-7-5-8-15(2)24(14)19(25)13-23-21(26)17-10-4-3-9-16(17)20(22-23)18-11-6-12-27-18/h3-4,6,9-12,14-15H,5,7-8,13H2,1-2H3/t14-,15-/m0/s1. The summed E-state index contributed by atoms with van der Waals surface area (Å²) < 4.78 is 1.34. The number of rotatable bonds is 3. The van der Waals surface area contributed by atoms with Gasteiger partial charge in [-0.15, -0.1) is 11.3 Å². The summed E-state index contributed by atoms with van der Waals surface area (Å²) >= 11 is 1.58. The van der Waals surface area contributed by atoms with Crippen LogP contribution in [0.2, 0.25) is 0 Å². The number of likely N-dealkylation sites (tertiary alicyclic amines) is 1. The van der Waals surface area contributed by atoms with E-state index >= 15 is 0 Å². The minimum absolute atomic E-state index is 0.0171. The second-order valence-corrected chi connectivity index (χ2v) is 8.21. The molecule has 1 saturated heterocycles. The third-order valence-electron chi connectivity index (χ3n) is 5.39. The maximum atomic E-state index is 13.0. The zero-order valence-corrected chi connectivity index (χ0v) is 16.4. The van der Waals surface area contributed by atoms with Gasteiger partial charge in [0.2, 0.25) is 5.91 Å². The Morgan fingerprint density at radius 1 is 1.11 bits per heavy atom. The van der Waals surface area contributed by atoms with Crippen LogP contribution in [0, 0.1) is 0 Å². The first-order chi connectivity index (χ1) is 13.1. The number of piperidine rings is 1. The van der Waals surface area contributed by atoms with Crippen LogP contribution in [0.5, 0.6) is 0 Å². The Hall–Kier alpha value is -2.47. The summed E-state index contributed by atoms with van der Waals surface area (Å²) in [7, 11) is 0. The third kappa shape index (κ3) is 3.30. The lowest BCUT2D eigenvalue weighted by Crippen LogP contribution is -2.49. The van der Waals surface area contributed by atoms with Gasteiger partial charge in [0.25, 0.3) is 5.56 Å². The summed E-state index contributed by atoms with van der Waals surface area (Å²) in [5.41, 5.74) is 0.546. The Labute approximate surface area is 162 Å². The van der Waals surface area contributed by atoms with E-state index in [9.17, 15) is 9.59 Å². The van der Waals surface area contributed by atoms with Gasteiger partial charge in [-0.1, -0.05) is 24.3 Å². The van der Waals surface area contributed by atoms with E-state index in [4.69, 9.17) is 0 Å². The number of aromatic nitrogens is 2. The van der Waals surface area contributed by atoms with E-state index in [1.165, 1.54) is 4.68 Å². The lowest BCUT2D eigenvalue weighted by molar-refractivity contribution is -0.138. The van der Waals surface area contributed by atoms with E-state index < -0.39 is 0 Å². The molecular weight excluding hydrogens is 358 g/mol. The number of carbonyl (C=O) groups is 1. The lowest BCUT2D eigenvalue weighted by Gasteiger charge is -2.39. The third-order valence-corrected chi connectivity index (χ3v) is 6.27. The Balaban J connectivity index is 1.77. The number of hydrogen-bond donors (Lipinski definition) is 0. The summed E-state index contributed by atoms with van der Waals surface area (Å²) in [5.74, 6) is -0.0308. The van der Waals surface area contributed by atoms with Crippen LogP contribution >= 0.6 is 11.3 Å². The molecule has 5 nitrogen and oxygen atoms in total. The Bertz CT molecular complexity index is 1020. The van der Waals surface area contributed by atoms with Gasteiger partial charge in [0.1, 0.15) is 12.2 Å². The molecule has 0 N–H and O–H groups in total. The van der Waals surface area contributed by atoms with Crippen LogP contribution in [0.3, 0.4) is 0 Å². The van der Waals surface area contributed by atoms with E-state index in [1.807, 2.05) is 46.7 Å². The summed E-state index contributed by atoms with van der Waals surface area (Å²) in [6.07, 6.45) is 3.16. The highest BCUT2D eigenvalue weighted by atomic mass is 32.1. The van der Waals surface area contributed by atoms with Crippen LogP contribution in [0.25, 0.3) is 21.3 Å². The Kier molecular flexibility index (Phi) is 4.83. The molecule has 3 aromatic rings. The number of carbonyl (C=O) groups excluding carboxylic acids is 1. The first kappa shape index (κ1) is 17.9. The molecule has 1 aliphatic heterocycles. The van der Waals surface area contributed by atoms with E-state index in [1.54, 1.807) is 11.3 Å². The summed E-state index contributed by atoms with van der Waals surface area (Å²) in [4.78, 5) is 28.9. The molecule has 0 unspecified atom stereocenters. The van der Waals surface area contributed by atoms with Crippen LogP contribution in [0.4, 0.5) is 0 Å². The fraction of sp³-hybridized carbons (Fsp3) is 0.381. The predicted molar refractivity (Wildman–Crippen MR) is 109 cm³/mol. The quantitative estimate of drug-likeness (QED) is 0.691. The highest BCUT2D eigenvalue weighted by molar-refractivity contribution is 7.13. The molecule has 1 aliphatic rings. The normalized spacial score (nSPS) is 20.1. The summed E-state index contributed by atoms with van der Waals surface area (Å²) in [6.45, 7) is 4.15. The summed E-state index contributed by atoms with van der Waals surface area (Å²) in [5, 5.41) is 8.01. The van der Waals surface area contributed by atoms with Gasteiger partial charge in [-0.3, -0.25) is 9.59 Å². The average Bonchev–Trinajstić information content (AvgIpc) is 3.18. The zero-order chi connectivity index (χ0) is 19.0. The number of thiophene rings is 1. The molecule has 1 amide bonds. The maximum Gasteiger partial charge on any atom is 0.275 e. The monoisotopic (exact) mass is 381 g/mol. The molecule has 0 aliphatic carbocycles. The highest BCUT2D eigenvalue weighted by Crippen LogP contribution is 2.28. The zero-order valence-electron chi connectivity index (χ0n) is 15.6. The molecule has 1 aromatic carbocycles. The van der Waals surface area contributed by atoms with Crippen molar-refractivity contribution in [2.45, 2.75) is 51.7 Å². The van der Waals surface area contributed by atoms with Crippen molar-refractivity contribution in [1.29, 1.82) is 0 Å². The van der Waals surface area contributed by atoms with E-state index in [2.05, 4.69) is 18.9 Å². The van der Waals surface area contributed by atoms with Crippen molar-refractivity contribution < 1.29 is 4.79 Å². The van der Waals surface area contributed by atoms with Gasteiger partial charge in [-0.05, 0) is 50.6 Å². The fourth-order valence-corrected chi connectivity index (χ4v) is 4.78. The predicted octanol–water partition coefficient (Wildman–Crippen LogP) is 3.91. The Morgan fingerprint density at radius 2 is 1.81 bits per heavy atom. The van der Waals surface area contributed by atoms with Gasteiger partial charge in [-0.25, -0.2) is 4.68 Å². The summed E-state index contributed by atoms with van der Waals surface area (Å²) in [6, 6.07) is 11.8. The number of hydrogen-bond acceptors (Lipinski definition) is 4. The van der Waals surface area contributed by atoms with Crippen LogP contribution in [0.15, 0.2) is 46.6 Å². The second-order valence-electron chi connectivity index (χ2n) is 7.26. The van der Waals surface area contributed by atoms with Crippen LogP contribution in [-0.2, 0) is 11.3 Å². The molecule has 140 valence electrons. The Morgan fingerprint density at radius 3 is 2.48 bits per heavy atom. The van der Waals surface area contributed by atoms with Gasteiger partial charge in [-0.2, -0.15) is 5.10 Å². The highest BCUT2D eigenvalue weighted by Gasteiger charge is 2.29. The average molecular weight is 382 g/mol. The van der Waals surface area contributed by atoms with Crippen molar-refractivity contribution in [1.82, 2.24) is 14.7 Å².